The van der Waals surface area contributed by atoms with Crippen LogP contribution in [0.15, 0.2) is 238 Å². The Morgan fingerprint density at radius 2 is 0.459 bits per heavy atom. The molecule has 28 rings (SSSR count). The Labute approximate surface area is 436 Å². The molecule has 0 spiro atoms. The lowest BCUT2D eigenvalue weighted by Crippen LogP contribution is -2.10. The fourth-order valence-corrected chi connectivity index (χ4v) is 11.0. The molecule has 20 heterocycles. The van der Waals surface area contributed by atoms with Crippen molar-refractivity contribution in [1.29, 1.82) is 0 Å². The third-order valence-corrected chi connectivity index (χ3v) is 15.1. The number of hydrogen-bond donors (Lipinski definition) is 0. The first-order valence-corrected chi connectivity index (χ1v) is 26.0. The van der Waals surface area contributed by atoms with Crippen LogP contribution in [-0.2, 0) is 26.4 Å². The van der Waals surface area contributed by atoms with Gasteiger partial charge < -0.3 is 18.9 Å². The average Bonchev–Trinajstić information content (AvgIpc) is 4.12. The van der Waals surface area contributed by atoms with Gasteiger partial charge in [0.15, 0.2) is 0 Å². The first-order chi connectivity index (χ1) is 36.6. The number of benzene rings is 8. The Kier molecular flexibility index (Phi) is 12.1. The zero-order valence-corrected chi connectivity index (χ0v) is 41.5. The highest BCUT2D eigenvalue weighted by atomic mass is 32.1. The van der Waals surface area contributed by atoms with Crippen molar-refractivity contribution in [3.8, 4) is 23.0 Å². The van der Waals surface area contributed by atoms with Crippen LogP contribution in [0.2, 0.25) is 0 Å². The monoisotopic (exact) mass is 996 g/mol. The summed E-state index contributed by atoms with van der Waals surface area (Å²) < 4.78 is 25.3. The molecular formula is C64H44N4O4S2. The molecule has 74 heavy (non-hydrogen) atoms. The van der Waals surface area contributed by atoms with Crippen LogP contribution in [0.5, 0.6) is 23.0 Å². The number of para-hydroxylation sites is 4. The summed E-state index contributed by atoms with van der Waals surface area (Å²) in [5.74, 6) is 3.09. The molecule has 10 aromatic rings. The number of aliphatic imine (C=N–C) groups is 4. The highest BCUT2D eigenvalue weighted by Gasteiger charge is 2.22. The van der Waals surface area contributed by atoms with Crippen molar-refractivity contribution in [3.63, 3.8) is 0 Å². The second-order valence-electron chi connectivity index (χ2n) is 17.9. The lowest BCUT2D eigenvalue weighted by atomic mass is 9.96. The molecular weight excluding hydrogens is 953 g/mol. The molecule has 0 unspecified atom stereocenters. The molecule has 8 aromatic carbocycles. The number of hydrogen-bond acceptors (Lipinski definition) is 10. The third kappa shape index (κ3) is 9.36. The SMILES string of the molecule is c1ccc2c(c1)N=C1c3ccc(cc3)OCc3ccc(s3)COc3ccc(cc3)C3=Nc4ccccc4C(=Nc4ccccc43)c3ccc(cc3)OCc3ccc(s3)COc3ccc(cc3)C2=Nc2ccccc21. The Morgan fingerprint density at radius 1 is 0.243 bits per heavy atom. The molecule has 0 amide bonds. The molecule has 18 aliphatic rings. The molecule has 18 aliphatic heterocycles. The van der Waals surface area contributed by atoms with E-state index in [1.807, 2.05) is 97.1 Å². The van der Waals surface area contributed by atoms with E-state index in [1.165, 1.54) is 0 Å². The minimum Gasteiger partial charge on any atom is -0.488 e. The van der Waals surface area contributed by atoms with Crippen LogP contribution in [0, 0.1) is 0 Å². The Balaban J connectivity index is 0.818. The molecule has 16 bridgehead atoms. The van der Waals surface area contributed by atoms with E-state index in [2.05, 4.69) is 121 Å². The van der Waals surface area contributed by atoms with Crippen molar-refractivity contribution in [3.05, 3.63) is 282 Å². The lowest BCUT2D eigenvalue weighted by Gasteiger charge is -2.18. The third-order valence-electron chi connectivity index (χ3n) is 13.0. The van der Waals surface area contributed by atoms with Gasteiger partial charge in [0.1, 0.15) is 49.4 Å². The van der Waals surface area contributed by atoms with Gasteiger partial charge in [-0.25, -0.2) is 20.0 Å². The zero-order valence-electron chi connectivity index (χ0n) is 39.9. The van der Waals surface area contributed by atoms with Crippen molar-refractivity contribution in [1.82, 2.24) is 0 Å². The van der Waals surface area contributed by atoms with Gasteiger partial charge in [0.25, 0.3) is 0 Å². The first kappa shape index (κ1) is 44.9. The van der Waals surface area contributed by atoms with Gasteiger partial charge in [-0.2, -0.15) is 0 Å². The summed E-state index contributed by atoms with van der Waals surface area (Å²) in [5.41, 5.74) is 14.4. The van der Waals surface area contributed by atoms with Crippen LogP contribution in [0.25, 0.3) is 0 Å². The fraction of sp³-hybridized carbons (Fsp3) is 0.0625. The number of thiophene rings is 2. The maximum atomic E-state index is 6.34. The molecule has 10 heteroatoms. The van der Waals surface area contributed by atoms with E-state index in [0.717, 1.165) is 133 Å². The molecule has 8 nitrogen and oxygen atoms in total. The van der Waals surface area contributed by atoms with Gasteiger partial charge >= 0.3 is 0 Å². The summed E-state index contributed by atoms with van der Waals surface area (Å²) in [6, 6.07) is 73.9. The minimum atomic E-state index is 0.440. The molecule has 0 atom stereocenters. The second-order valence-corrected chi connectivity index (χ2v) is 20.4. The average molecular weight is 997 g/mol. The number of nitrogens with zero attached hydrogens (tertiary/aromatic N) is 4. The quantitative estimate of drug-likeness (QED) is 0.151. The van der Waals surface area contributed by atoms with E-state index in [0.29, 0.717) is 26.4 Å². The lowest BCUT2D eigenvalue weighted by molar-refractivity contribution is 0.308. The molecule has 2 aromatic heterocycles. The smallest absolute Gasteiger partial charge is 0.122 e. The molecule has 0 radical (unpaired) electrons. The molecule has 0 saturated carbocycles. The van der Waals surface area contributed by atoms with Gasteiger partial charge in [0, 0.05) is 64.0 Å². The zero-order chi connectivity index (χ0) is 49.2. The van der Waals surface area contributed by atoms with Gasteiger partial charge in [0.05, 0.1) is 45.6 Å². The maximum absolute atomic E-state index is 6.34. The predicted octanol–water partition coefficient (Wildman–Crippen LogP) is 15.7. The van der Waals surface area contributed by atoms with Gasteiger partial charge in [-0.1, -0.05) is 72.8 Å². The van der Waals surface area contributed by atoms with Crippen molar-refractivity contribution in [2.45, 2.75) is 26.4 Å². The summed E-state index contributed by atoms with van der Waals surface area (Å²) in [6.07, 6.45) is 0. The van der Waals surface area contributed by atoms with Gasteiger partial charge in [-0.3, -0.25) is 0 Å². The van der Waals surface area contributed by atoms with Crippen LogP contribution < -0.4 is 18.9 Å². The Hall–Kier alpha value is -8.96. The van der Waals surface area contributed by atoms with Gasteiger partial charge in [-0.05, 0) is 146 Å². The van der Waals surface area contributed by atoms with Crippen molar-refractivity contribution >= 4 is 68.3 Å². The molecule has 356 valence electrons. The Morgan fingerprint density at radius 3 is 0.689 bits per heavy atom. The van der Waals surface area contributed by atoms with Crippen LogP contribution in [0.4, 0.5) is 22.7 Å². The highest BCUT2D eigenvalue weighted by molar-refractivity contribution is 7.12. The Bertz CT molecular complexity index is 3330. The topological polar surface area (TPSA) is 86.4 Å². The van der Waals surface area contributed by atoms with Crippen molar-refractivity contribution < 1.29 is 18.9 Å². The molecule has 0 fully saturated rings. The van der Waals surface area contributed by atoms with Gasteiger partial charge in [0.2, 0.25) is 0 Å². The van der Waals surface area contributed by atoms with Crippen molar-refractivity contribution in [2.75, 3.05) is 0 Å². The molecule has 0 N–H and O–H groups in total. The summed E-state index contributed by atoms with van der Waals surface area (Å²) in [7, 11) is 0. The van der Waals surface area contributed by atoms with Gasteiger partial charge in [-0.15, -0.1) is 22.7 Å². The number of ether oxygens (including phenoxy) is 4. The van der Waals surface area contributed by atoms with E-state index >= 15 is 0 Å². The number of rotatable bonds is 0. The largest absolute Gasteiger partial charge is 0.488 e. The minimum absolute atomic E-state index is 0.440. The summed E-state index contributed by atoms with van der Waals surface area (Å²) >= 11 is 3.36. The van der Waals surface area contributed by atoms with E-state index in [4.69, 9.17) is 38.9 Å². The molecule has 0 aliphatic carbocycles. The summed E-state index contributed by atoms with van der Waals surface area (Å²) in [5, 5.41) is 0. The van der Waals surface area contributed by atoms with Crippen molar-refractivity contribution in [2.24, 2.45) is 20.0 Å². The second kappa shape index (κ2) is 19.9. The van der Waals surface area contributed by atoms with E-state index in [1.54, 1.807) is 22.7 Å². The maximum Gasteiger partial charge on any atom is 0.122 e. The summed E-state index contributed by atoms with van der Waals surface area (Å²) in [6.45, 7) is 1.76. The first-order valence-electron chi connectivity index (χ1n) is 24.4. The predicted molar refractivity (Wildman–Crippen MR) is 299 cm³/mol. The van der Waals surface area contributed by atoms with Crippen LogP contribution >= 0.6 is 22.7 Å². The summed E-state index contributed by atoms with van der Waals surface area (Å²) in [4.78, 5) is 25.8. The standard InChI is InChI=1S/C64H44N4O4S2/c1-5-13-57-53(9-1)61-41-17-25-45(26-18-41)69-37-49-33-34-51(73-49)39-71-47-29-21-43(22-30-47)63-55-11-3-7-15-59(55)68-64(56-12-4-8-16-60(56)67-63)44-23-31-48(32-24-44)72-40-52-36-35-50(74-52)38-70-46-27-19-42(20-28-46)62(65-57)54-10-2-6-14-58(54)66-61/h1-36H,37-40H2. The van der Waals surface area contributed by atoms with Crippen LogP contribution in [-0.4, -0.2) is 22.8 Å². The van der Waals surface area contributed by atoms with Crippen LogP contribution in [0.3, 0.4) is 0 Å². The molecule has 0 saturated heterocycles. The van der Waals surface area contributed by atoms with Crippen LogP contribution in [0.1, 0.15) is 64.0 Å². The fourth-order valence-electron chi connectivity index (χ4n) is 9.30. The normalized spacial score (nSPS) is 13.9. The van der Waals surface area contributed by atoms with E-state index in [9.17, 15) is 0 Å². The van der Waals surface area contributed by atoms with E-state index < -0.39 is 0 Å². The van der Waals surface area contributed by atoms with E-state index in [-0.39, 0.29) is 0 Å². The highest BCUT2D eigenvalue weighted by Crippen LogP contribution is 2.37.